The van der Waals surface area contributed by atoms with Crippen LogP contribution in [0.15, 0.2) is 24.3 Å². The first-order valence-corrected chi connectivity index (χ1v) is 8.27. The van der Waals surface area contributed by atoms with Gasteiger partial charge in [0.25, 0.3) is 0 Å². The van der Waals surface area contributed by atoms with Crippen LogP contribution in [0.25, 0.3) is 0 Å². The first-order chi connectivity index (χ1) is 11.0. The summed E-state index contributed by atoms with van der Waals surface area (Å²) >= 11 is 0. The first-order valence-electron chi connectivity index (χ1n) is 8.27. The summed E-state index contributed by atoms with van der Waals surface area (Å²) < 4.78 is 4.91. The monoisotopic (exact) mass is 320 g/mol. The predicted octanol–water partition coefficient (Wildman–Crippen LogP) is 2.89. The third-order valence-corrected chi connectivity index (χ3v) is 4.36. The highest BCUT2D eigenvalue weighted by atomic mass is 16.5. The number of aryl methyl sites for hydroxylation is 1. The number of anilines is 1. The Morgan fingerprint density at radius 3 is 2.22 bits per heavy atom. The highest BCUT2D eigenvalue weighted by Gasteiger charge is 2.33. The number of ether oxygens (including phenoxy) is 1. The van der Waals surface area contributed by atoms with Gasteiger partial charge in [-0.25, -0.2) is 0 Å². The van der Waals surface area contributed by atoms with Crippen LogP contribution < -0.4 is 11.1 Å². The third-order valence-electron chi connectivity index (χ3n) is 4.36. The number of hydrogen-bond donors (Lipinski definition) is 2. The molecule has 23 heavy (non-hydrogen) atoms. The molecule has 0 bridgehead atoms. The number of benzene rings is 1. The Hall–Kier alpha value is -1.88. The summed E-state index contributed by atoms with van der Waals surface area (Å²) in [6, 6.07) is 7.53. The minimum Gasteiger partial charge on any atom is -0.466 e. The number of amides is 1. The number of nitrogens with two attached hydrogens (primary N) is 1. The van der Waals surface area contributed by atoms with Crippen LogP contribution in [0.2, 0.25) is 0 Å². The topological polar surface area (TPSA) is 81.4 Å². The molecule has 0 saturated carbocycles. The lowest BCUT2D eigenvalue weighted by atomic mass is 9.81. The molecule has 0 radical (unpaired) electrons. The van der Waals surface area contributed by atoms with E-state index in [0.717, 1.165) is 11.3 Å². The second-order valence-electron chi connectivity index (χ2n) is 5.65. The second-order valence-corrected chi connectivity index (χ2v) is 5.65. The molecule has 0 aliphatic carbocycles. The molecule has 0 atom stereocenters. The Morgan fingerprint density at radius 2 is 1.74 bits per heavy atom. The zero-order chi connectivity index (χ0) is 17.3. The maximum absolute atomic E-state index is 12.4. The van der Waals surface area contributed by atoms with Gasteiger partial charge in [-0.3, -0.25) is 9.59 Å². The molecule has 0 aliphatic heterocycles. The lowest BCUT2D eigenvalue weighted by molar-refractivity contribution is -0.143. The van der Waals surface area contributed by atoms with Gasteiger partial charge in [0.05, 0.1) is 12.0 Å². The number of esters is 1. The van der Waals surface area contributed by atoms with E-state index < -0.39 is 5.41 Å². The molecule has 3 N–H and O–H groups in total. The molecule has 128 valence electrons. The van der Waals surface area contributed by atoms with Crippen LogP contribution >= 0.6 is 0 Å². The quantitative estimate of drug-likeness (QED) is 0.686. The maximum atomic E-state index is 12.4. The van der Waals surface area contributed by atoms with Crippen LogP contribution in [0, 0.1) is 5.41 Å². The molecule has 0 heterocycles. The minimum atomic E-state index is -0.511. The second kappa shape index (κ2) is 9.30. The van der Waals surface area contributed by atoms with Crippen molar-refractivity contribution >= 4 is 17.6 Å². The Bertz CT molecular complexity index is 499. The first kappa shape index (κ1) is 19.2. The molecule has 0 aliphatic rings. The highest BCUT2D eigenvalue weighted by Crippen LogP contribution is 2.27. The normalized spacial score (nSPS) is 11.1. The molecule has 5 heteroatoms. The van der Waals surface area contributed by atoms with Crippen LogP contribution in [0.3, 0.4) is 0 Å². The van der Waals surface area contributed by atoms with Gasteiger partial charge >= 0.3 is 5.97 Å². The van der Waals surface area contributed by atoms with Gasteiger partial charge in [0.1, 0.15) is 0 Å². The molecule has 1 aromatic rings. The molecular formula is C18H28N2O3. The summed E-state index contributed by atoms with van der Waals surface area (Å²) in [4.78, 5) is 23.8. The van der Waals surface area contributed by atoms with Crippen molar-refractivity contribution in [3.63, 3.8) is 0 Å². The van der Waals surface area contributed by atoms with Gasteiger partial charge in [0.15, 0.2) is 0 Å². The van der Waals surface area contributed by atoms with Gasteiger partial charge in [0.2, 0.25) is 5.91 Å². The van der Waals surface area contributed by atoms with E-state index in [2.05, 4.69) is 5.32 Å². The lowest BCUT2D eigenvalue weighted by Gasteiger charge is -2.28. The summed E-state index contributed by atoms with van der Waals surface area (Å²) in [5.41, 5.74) is 7.06. The molecule has 1 aromatic carbocycles. The molecule has 0 fully saturated rings. The van der Waals surface area contributed by atoms with E-state index >= 15 is 0 Å². The number of rotatable bonds is 9. The zero-order valence-corrected chi connectivity index (χ0v) is 14.4. The number of hydrogen-bond acceptors (Lipinski definition) is 4. The van der Waals surface area contributed by atoms with Crippen molar-refractivity contribution in [2.45, 2.75) is 46.5 Å². The average Bonchev–Trinajstić information content (AvgIpc) is 2.57. The van der Waals surface area contributed by atoms with Crippen LogP contribution in [0.1, 0.15) is 45.6 Å². The lowest BCUT2D eigenvalue weighted by Crippen LogP contribution is -2.41. The fourth-order valence-electron chi connectivity index (χ4n) is 2.45. The highest BCUT2D eigenvalue weighted by molar-refractivity contribution is 5.95. The van der Waals surface area contributed by atoms with Crippen molar-refractivity contribution in [2.24, 2.45) is 11.1 Å². The Kier molecular flexibility index (Phi) is 7.75. The van der Waals surface area contributed by atoms with Gasteiger partial charge in [-0.2, -0.15) is 0 Å². The summed E-state index contributed by atoms with van der Waals surface area (Å²) in [5.74, 6) is -0.229. The predicted molar refractivity (Wildman–Crippen MR) is 92.1 cm³/mol. The van der Waals surface area contributed by atoms with E-state index in [4.69, 9.17) is 10.5 Å². The summed E-state index contributed by atoms with van der Waals surface area (Å²) in [6.45, 7) is 6.50. The van der Waals surface area contributed by atoms with Crippen molar-refractivity contribution in [3.05, 3.63) is 29.8 Å². The summed E-state index contributed by atoms with van der Waals surface area (Å²) in [5, 5.41) is 2.94. The standard InChI is InChI=1S/C18H28N2O3/c1-4-18(5-2,13-19)17(22)20-15-10-7-14(8-11-15)9-12-16(21)23-6-3/h7-8,10-11H,4-6,9,12-13,19H2,1-3H3,(H,20,22). The molecule has 0 aromatic heterocycles. The number of carbonyl (C=O) groups is 2. The van der Waals surface area contributed by atoms with Gasteiger partial charge in [0, 0.05) is 18.7 Å². The molecular weight excluding hydrogens is 292 g/mol. The van der Waals surface area contributed by atoms with Crippen molar-refractivity contribution in [1.82, 2.24) is 0 Å². The van der Waals surface area contributed by atoms with Crippen molar-refractivity contribution in [2.75, 3.05) is 18.5 Å². The van der Waals surface area contributed by atoms with Crippen LogP contribution in [-0.4, -0.2) is 25.0 Å². The SMILES string of the molecule is CCOC(=O)CCc1ccc(NC(=O)C(CC)(CC)CN)cc1. The van der Waals surface area contributed by atoms with E-state index in [-0.39, 0.29) is 11.9 Å². The Morgan fingerprint density at radius 1 is 1.13 bits per heavy atom. The molecule has 0 spiro atoms. The summed E-state index contributed by atoms with van der Waals surface area (Å²) in [7, 11) is 0. The van der Waals surface area contributed by atoms with Crippen LogP contribution in [0.4, 0.5) is 5.69 Å². The summed E-state index contributed by atoms with van der Waals surface area (Å²) in [6.07, 6.45) is 2.41. The molecule has 0 saturated heterocycles. The molecule has 1 rings (SSSR count). The van der Waals surface area contributed by atoms with Gasteiger partial charge in [-0.05, 0) is 43.9 Å². The fraction of sp³-hybridized carbons (Fsp3) is 0.556. The Labute approximate surface area is 138 Å². The van der Waals surface area contributed by atoms with E-state index in [9.17, 15) is 9.59 Å². The zero-order valence-electron chi connectivity index (χ0n) is 14.4. The number of nitrogens with one attached hydrogen (secondary N) is 1. The average molecular weight is 320 g/mol. The van der Waals surface area contributed by atoms with E-state index in [1.165, 1.54) is 0 Å². The van der Waals surface area contributed by atoms with Gasteiger partial charge < -0.3 is 15.8 Å². The maximum Gasteiger partial charge on any atom is 0.306 e. The molecule has 1 amide bonds. The van der Waals surface area contributed by atoms with Crippen LogP contribution in [0.5, 0.6) is 0 Å². The van der Waals surface area contributed by atoms with Crippen molar-refractivity contribution in [3.8, 4) is 0 Å². The smallest absolute Gasteiger partial charge is 0.306 e. The van der Waals surface area contributed by atoms with E-state index in [0.29, 0.717) is 38.8 Å². The van der Waals surface area contributed by atoms with E-state index in [1.807, 2.05) is 38.1 Å². The van der Waals surface area contributed by atoms with Gasteiger partial charge in [-0.15, -0.1) is 0 Å². The van der Waals surface area contributed by atoms with Crippen LogP contribution in [-0.2, 0) is 20.7 Å². The Balaban J connectivity index is 2.63. The number of carbonyl (C=O) groups excluding carboxylic acids is 2. The van der Waals surface area contributed by atoms with Crippen molar-refractivity contribution in [1.29, 1.82) is 0 Å². The largest absolute Gasteiger partial charge is 0.466 e. The molecule has 5 nitrogen and oxygen atoms in total. The molecule has 0 unspecified atom stereocenters. The minimum absolute atomic E-state index is 0.0377. The fourth-order valence-corrected chi connectivity index (χ4v) is 2.45. The third kappa shape index (κ3) is 5.36. The van der Waals surface area contributed by atoms with Crippen molar-refractivity contribution < 1.29 is 14.3 Å². The van der Waals surface area contributed by atoms with E-state index in [1.54, 1.807) is 6.92 Å². The van der Waals surface area contributed by atoms with Gasteiger partial charge in [-0.1, -0.05) is 26.0 Å².